The third kappa shape index (κ3) is 1.69. The lowest BCUT2D eigenvalue weighted by Crippen LogP contribution is -2.37. The van der Waals surface area contributed by atoms with Crippen molar-refractivity contribution >= 4 is 11.9 Å². The first-order chi connectivity index (χ1) is 5.16. The predicted octanol–water partition coefficient (Wildman–Crippen LogP) is 0.0819. The number of hydrogen-bond donors (Lipinski definition) is 1. The summed E-state index contributed by atoms with van der Waals surface area (Å²) in [5.41, 5.74) is 0. The molecule has 1 aliphatic carbocycles. The maximum atomic E-state index is 10.9. The minimum absolute atomic E-state index is 0.198. The summed E-state index contributed by atoms with van der Waals surface area (Å²) in [5.74, 6) is -2.12. The minimum Gasteiger partial charge on any atom is -0.474 e. The van der Waals surface area contributed by atoms with Gasteiger partial charge in [-0.3, -0.25) is 4.79 Å². The predicted molar refractivity (Wildman–Crippen MR) is 38.0 cm³/mol. The molecule has 4 heteroatoms. The molecular formula is C7H11NO3. The summed E-state index contributed by atoms with van der Waals surface area (Å²) in [5, 5.41) is 8.37. The van der Waals surface area contributed by atoms with Crippen molar-refractivity contribution in [2.75, 3.05) is 6.54 Å². The van der Waals surface area contributed by atoms with Crippen LogP contribution in [0, 0.1) is 0 Å². The van der Waals surface area contributed by atoms with E-state index in [1.807, 2.05) is 0 Å². The monoisotopic (exact) mass is 157 g/mol. The highest BCUT2D eigenvalue weighted by Gasteiger charge is 2.34. The van der Waals surface area contributed by atoms with Gasteiger partial charge in [-0.25, -0.2) is 4.79 Å². The Kier molecular flexibility index (Phi) is 2.12. The van der Waals surface area contributed by atoms with Crippen molar-refractivity contribution in [3.8, 4) is 0 Å². The van der Waals surface area contributed by atoms with Crippen LogP contribution in [0.5, 0.6) is 0 Å². The number of nitrogens with zero attached hydrogens (tertiary/aromatic N) is 1. The van der Waals surface area contributed by atoms with Crippen molar-refractivity contribution in [2.45, 2.75) is 25.8 Å². The second-order valence-electron chi connectivity index (χ2n) is 2.63. The van der Waals surface area contributed by atoms with Gasteiger partial charge < -0.3 is 10.0 Å². The number of carbonyl (C=O) groups is 2. The molecule has 0 aromatic rings. The molecule has 0 bridgehead atoms. The summed E-state index contributed by atoms with van der Waals surface area (Å²) in [6, 6.07) is 0.198. The summed E-state index contributed by atoms with van der Waals surface area (Å²) >= 11 is 0. The van der Waals surface area contributed by atoms with E-state index in [2.05, 4.69) is 0 Å². The molecule has 0 heterocycles. The van der Waals surface area contributed by atoms with Crippen molar-refractivity contribution in [3.63, 3.8) is 0 Å². The molecule has 62 valence electrons. The van der Waals surface area contributed by atoms with Gasteiger partial charge in [0.25, 0.3) is 0 Å². The molecule has 0 saturated heterocycles. The molecule has 0 aromatic heterocycles. The fourth-order valence-corrected chi connectivity index (χ4v) is 1.08. The first kappa shape index (κ1) is 8.04. The van der Waals surface area contributed by atoms with E-state index in [1.165, 1.54) is 4.90 Å². The van der Waals surface area contributed by atoms with Crippen LogP contribution < -0.4 is 0 Å². The van der Waals surface area contributed by atoms with Gasteiger partial charge in [0.1, 0.15) is 0 Å². The molecule has 1 N–H and O–H groups in total. The van der Waals surface area contributed by atoms with Crippen molar-refractivity contribution in [1.82, 2.24) is 4.90 Å². The van der Waals surface area contributed by atoms with Crippen LogP contribution in [-0.4, -0.2) is 34.5 Å². The molecule has 1 rings (SSSR count). The number of aliphatic carboxylic acids is 1. The minimum atomic E-state index is -1.35. The second-order valence-corrected chi connectivity index (χ2v) is 2.63. The second kappa shape index (κ2) is 2.90. The highest BCUT2D eigenvalue weighted by Crippen LogP contribution is 2.26. The average molecular weight is 157 g/mol. The largest absolute Gasteiger partial charge is 0.474 e. The van der Waals surface area contributed by atoms with Gasteiger partial charge in [0.05, 0.1) is 0 Å². The molecule has 0 radical (unpaired) electrons. The van der Waals surface area contributed by atoms with E-state index in [1.54, 1.807) is 6.92 Å². The lowest BCUT2D eigenvalue weighted by molar-refractivity contribution is -0.156. The normalized spacial score (nSPS) is 16.1. The highest BCUT2D eigenvalue weighted by molar-refractivity contribution is 6.31. The zero-order valence-electron chi connectivity index (χ0n) is 6.41. The number of carboxylic acids is 1. The fourth-order valence-electron chi connectivity index (χ4n) is 1.08. The number of hydrogen-bond acceptors (Lipinski definition) is 2. The zero-order chi connectivity index (χ0) is 8.43. The van der Waals surface area contributed by atoms with Crippen LogP contribution >= 0.6 is 0 Å². The Morgan fingerprint density at radius 1 is 1.55 bits per heavy atom. The fraction of sp³-hybridized carbons (Fsp3) is 0.714. The van der Waals surface area contributed by atoms with Crippen LogP contribution in [0.2, 0.25) is 0 Å². The van der Waals surface area contributed by atoms with Gasteiger partial charge >= 0.3 is 11.9 Å². The Bertz CT molecular complexity index is 186. The number of carbonyl (C=O) groups excluding carboxylic acids is 1. The van der Waals surface area contributed by atoms with Crippen LogP contribution in [0.1, 0.15) is 19.8 Å². The Balaban J connectivity index is 2.53. The highest BCUT2D eigenvalue weighted by atomic mass is 16.4. The third-order valence-electron chi connectivity index (χ3n) is 1.77. The lowest BCUT2D eigenvalue weighted by atomic mass is 10.4. The summed E-state index contributed by atoms with van der Waals surface area (Å²) in [6.07, 6.45) is 1.90. The molecule has 1 fully saturated rings. The van der Waals surface area contributed by atoms with Crippen LogP contribution in [0.15, 0.2) is 0 Å². The zero-order valence-corrected chi connectivity index (χ0v) is 6.41. The average Bonchev–Trinajstić information content (AvgIpc) is 2.72. The molecular weight excluding hydrogens is 146 g/mol. The van der Waals surface area contributed by atoms with Crippen LogP contribution in [-0.2, 0) is 9.59 Å². The topological polar surface area (TPSA) is 57.6 Å². The smallest absolute Gasteiger partial charge is 0.394 e. The van der Waals surface area contributed by atoms with E-state index in [9.17, 15) is 9.59 Å². The maximum Gasteiger partial charge on any atom is 0.394 e. The van der Waals surface area contributed by atoms with Crippen molar-refractivity contribution in [1.29, 1.82) is 0 Å². The maximum absolute atomic E-state index is 10.9. The molecule has 0 aromatic carbocycles. The van der Waals surface area contributed by atoms with Gasteiger partial charge in [-0.1, -0.05) is 0 Å². The Labute approximate surface area is 64.8 Å². The van der Waals surface area contributed by atoms with E-state index in [-0.39, 0.29) is 6.04 Å². The first-order valence-corrected chi connectivity index (χ1v) is 3.70. The van der Waals surface area contributed by atoms with E-state index in [0.29, 0.717) is 6.54 Å². The number of carboxylic acid groups (broad SMARTS) is 1. The molecule has 4 nitrogen and oxygen atoms in total. The van der Waals surface area contributed by atoms with Gasteiger partial charge in [-0.05, 0) is 19.8 Å². The van der Waals surface area contributed by atoms with Gasteiger partial charge in [0.2, 0.25) is 0 Å². The van der Waals surface area contributed by atoms with E-state index >= 15 is 0 Å². The number of rotatable bonds is 2. The summed E-state index contributed by atoms with van der Waals surface area (Å²) in [4.78, 5) is 22.5. The summed E-state index contributed by atoms with van der Waals surface area (Å²) in [7, 11) is 0. The third-order valence-corrected chi connectivity index (χ3v) is 1.77. The number of amides is 1. The van der Waals surface area contributed by atoms with Crippen molar-refractivity contribution < 1.29 is 14.7 Å². The Morgan fingerprint density at radius 3 is 2.36 bits per heavy atom. The summed E-state index contributed by atoms with van der Waals surface area (Å²) in [6.45, 7) is 2.29. The molecule has 0 atom stereocenters. The van der Waals surface area contributed by atoms with Crippen LogP contribution in [0.25, 0.3) is 0 Å². The lowest BCUT2D eigenvalue weighted by Gasteiger charge is -2.16. The standard InChI is InChI=1S/C7H11NO3/c1-2-8(5-3-4-5)6(9)7(10)11/h5H,2-4H2,1H3,(H,10,11). The molecule has 1 aliphatic rings. The van der Waals surface area contributed by atoms with Gasteiger partial charge in [0.15, 0.2) is 0 Å². The quantitative estimate of drug-likeness (QED) is 0.577. The van der Waals surface area contributed by atoms with Crippen molar-refractivity contribution in [2.24, 2.45) is 0 Å². The molecule has 11 heavy (non-hydrogen) atoms. The SMILES string of the molecule is CCN(C(=O)C(=O)O)C1CC1. The van der Waals surface area contributed by atoms with Crippen LogP contribution in [0.4, 0.5) is 0 Å². The molecule has 0 unspecified atom stereocenters. The Hall–Kier alpha value is -1.06. The number of likely N-dealkylation sites (N-methyl/N-ethyl adjacent to an activating group) is 1. The van der Waals surface area contributed by atoms with E-state index in [4.69, 9.17) is 5.11 Å². The van der Waals surface area contributed by atoms with Crippen molar-refractivity contribution in [3.05, 3.63) is 0 Å². The van der Waals surface area contributed by atoms with Gasteiger partial charge in [-0.15, -0.1) is 0 Å². The van der Waals surface area contributed by atoms with Crippen LogP contribution in [0.3, 0.4) is 0 Å². The molecule has 0 spiro atoms. The molecule has 0 aliphatic heterocycles. The Morgan fingerprint density at radius 2 is 2.09 bits per heavy atom. The molecule has 1 saturated carbocycles. The van der Waals surface area contributed by atoms with Gasteiger partial charge in [0, 0.05) is 12.6 Å². The molecule has 1 amide bonds. The summed E-state index contributed by atoms with van der Waals surface area (Å²) < 4.78 is 0. The van der Waals surface area contributed by atoms with E-state index in [0.717, 1.165) is 12.8 Å². The van der Waals surface area contributed by atoms with Gasteiger partial charge in [-0.2, -0.15) is 0 Å². The first-order valence-electron chi connectivity index (χ1n) is 3.70. The van der Waals surface area contributed by atoms with E-state index < -0.39 is 11.9 Å².